The highest BCUT2D eigenvalue weighted by Gasteiger charge is 2.27. The zero-order chi connectivity index (χ0) is 15.1. The number of carbonyl (C=O) groups excluding carboxylic acids is 1. The Kier molecular flexibility index (Phi) is 6.51. The number of hydrogen-bond acceptors (Lipinski definition) is 4. The van der Waals surface area contributed by atoms with Crippen molar-refractivity contribution >= 4 is 17.7 Å². The molecule has 0 bridgehead atoms. The van der Waals surface area contributed by atoms with Crippen molar-refractivity contribution in [3.05, 3.63) is 30.1 Å². The molecule has 3 nitrogen and oxygen atoms in total. The fourth-order valence-corrected chi connectivity index (χ4v) is 3.34. The Morgan fingerprint density at radius 1 is 1.29 bits per heavy atom. The SMILES string of the molecule is COC(=O)C1CCC(OCCSc2ccccc2F)CC1. The first kappa shape index (κ1) is 16.3. The largest absolute Gasteiger partial charge is 0.469 e. The van der Waals surface area contributed by atoms with Gasteiger partial charge in [-0.1, -0.05) is 12.1 Å². The van der Waals surface area contributed by atoms with Crippen molar-refractivity contribution in [2.24, 2.45) is 5.92 Å². The summed E-state index contributed by atoms with van der Waals surface area (Å²) in [6.07, 6.45) is 3.66. The number of rotatable bonds is 6. The molecular formula is C16H21FO3S. The molecule has 0 aliphatic heterocycles. The van der Waals surface area contributed by atoms with Crippen LogP contribution in [0.3, 0.4) is 0 Å². The van der Waals surface area contributed by atoms with E-state index in [0.717, 1.165) is 31.4 Å². The monoisotopic (exact) mass is 312 g/mol. The van der Waals surface area contributed by atoms with Crippen LogP contribution in [-0.4, -0.2) is 31.5 Å². The molecule has 0 saturated heterocycles. The van der Waals surface area contributed by atoms with Crippen molar-refractivity contribution in [2.45, 2.75) is 36.7 Å². The van der Waals surface area contributed by atoms with E-state index in [4.69, 9.17) is 9.47 Å². The van der Waals surface area contributed by atoms with Gasteiger partial charge in [-0.25, -0.2) is 4.39 Å². The molecule has 0 spiro atoms. The molecule has 0 amide bonds. The predicted molar refractivity (Wildman–Crippen MR) is 80.8 cm³/mol. The molecule has 1 saturated carbocycles. The second kappa shape index (κ2) is 8.39. The summed E-state index contributed by atoms with van der Waals surface area (Å²) >= 11 is 1.47. The van der Waals surface area contributed by atoms with Crippen LogP contribution in [-0.2, 0) is 14.3 Å². The molecule has 0 N–H and O–H groups in total. The molecule has 1 aromatic carbocycles. The van der Waals surface area contributed by atoms with Crippen LogP contribution in [0.5, 0.6) is 0 Å². The molecule has 0 heterocycles. The average molecular weight is 312 g/mol. The summed E-state index contributed by atoms with van der Waals surface area (Å²) < 4.78 is 24.0. The minimum absolute atomic E-state index is 0.0302. The van der Waals surface area contributed by atoms with E-state index in [1.165, 1.54) is 24.9 Å². The Morgan fingerprint density at radius 3 is 2.67 bits per heavy atom. The number of halogens is 1. The highest BCUT2D eigenvalue weighted by molar-refractivity contribution is 7.99. The van der Waals surface area contributed by atoms with Gasteiger partial charge in [0.25, 0.3) is 0 Å². The first-order valence-electron chi connectivity index (χ1n) is 7.27. The van der Waals surface area contributed by atoms with Crippen molar-refractivity contribution in [3.63, 3.8) is 0 Å². The Morgan fingerprint density at radius 2 is 2.00 bits per heavy atom. The molecule has 0 unspecified atom stereocenters. The van der Waals surface area contributed by atoms with E-state index in [1.54, 1.807) is 12.1 Å². The van der Waals surface area contributed by atoms with Gasteiger partial charge in [0.2, 0.25) is 0 Å². The molecule has 1 aliphatic rings. The van der Waals surface area contributed by atoms with Crippen LogP contribution < -0.4 is 0 Å². The quantitative estimate of drug-likeness (QED) is 0.456. The van der Waals surface area contributed by atoms with Crippen molar-refractivity contribution in [3.8, 4) is 0 Å². The van der Waals surface area contributed by atoms with Gasteiger partial charge < -0.3 is 9.47 Å². The number of carbonyl (C=O) groups is 1. The van der Waals surface area contributed by atoms with E-state index in [0.29, 0.717) is 11.5 Å². The summed E-state index contributed by atoms with van der Waals surface area (Å²) in [6.45, 7) is 0.604. The molecule has 0 radical (unpaired) electrons. The van der Waals surface area contributed by atoms with Gasteiger partial charge in [0, 0.05) is 10.6 Å². The highest BCUT2D eigenvalue weighted by atomic mass is 32.2. The van der Waals surface area contributed by atoms with Crippen LogP contribution in [0.15, 0.2) is 29.2 Å². The Hall–Kier alpha value is -1.07. The molecule has 0 atom stereocenters. The van der Waals surface area contributed by atoms with Crippen molar-refractivity contribution in [1.82, 2.24) is 0 Å². The summed E-state index contributed by atoms with van der Waals surface area (Å²) in [5.41, 5.74) is 0. The van der Waals surface area contributed by atoms with Crippen LogP contribution in [0.1, 0.15) is 25.7 Å². The maximum Gasteiger partial charge on any atom is 0.308 e. The number of thioether (sulfide) groups is 1. The average Bonchev–Trinajstić information content (AvgIpc) is 2.53. The van der Waals surface area contributed by atoms with E-state index in [-0.39, 0.29) is 23.8 Å². The lowest BCUT2D eigenvalue weighted by molar-refractivity contribution is -0.147. The lowest BCUT2D eigenvalue weighted by Crippen LogP contribution is -2.27. The van der Waals surface area contributed by atoms with Gasteiger partial charge in [-0.05, 0) is 37.8 Å². The Bertz CT molecular complexity index is 459. The van der Waals surface area contributed by atoms with Crippen LogP contribution in [0.2, 0.25) is 0 Å². The van der Waals surface area contributed by atoms with E-state index < -0.39 is 0 Å². The lowest BCUT2D eigenvalue weighted by atomic mass is 9.87. The number of methoxy groups -OCH3 is 1. The maximum absolute atomic E-state index is 13.4. The maximum atomic E-state index is 13.4. The van der Waals surface area contributed by atoms with Gasteiger partial charge >= 0.3 is 5.97 Å². The lowest BCUT2D eigenvalue weighted by Gasteiger charge is -2.26. The molecule has 1 aliphatic carbocycles. The first-order valence-corrected chi connectivity index (χ1v) is 8.26. The predicted octanol–water partition coefficient (Wildman–Crippen LogP) is 3.67. The summed E-state index contributed by atoms with van der Waals surface area (Å²) in [5.74, 6) is 0.477. The molecule has 116 valence electrons. The van der Waals surface area contributed by atoms with E-state index in [2.05, 4.69) is 0 Å². The number of esters is 1. The summed E-state index contributed by atoms with van der Waals surface area (Å²) in [5, 5.41) is 0. The smallest absolute Gasteiger partial charge is 0.308 e. The molecule has 0 aromatic heterocycles. The zero-order valence-electron chi connectivity index (χ0n) is 12.2. The van der Waals surface area contributed by atoms with Gasteiger partial charge in [0.15, 0.2) is 0 Å². The molecule has 5 heteroatoms. The zero-order valence-corrected chi connectivity index (χ0v) is 13.0. The van der Waals surface area contributed by atoms with Crippen LogP contribution in [0.25, 0.3) is 0 Å². The third-order valence-corrected chi connectivity index (χ3v) is 4.75. The van der Waals surface area contributed by atoms with Crippen LogP contribution in [0, 0.1) is 11.7 Å². The standard InChI is InChI=1S/C16H21FO3S/c1-19-16(18)12-6-8-13(9-7-12)20-10-11-21-15-5-3-2-4-14(15)17/h2-5,12-13H,6-11H2,1H3. The Labute approximate surface area is 129 Å². The van der Waals surface area contributed by atoms with Crippen LogP contribution >= 0.6 is 11.8 Å². The van der Waals surface area contributed by atoms with Gasteiger partial charge in [0.05, 0.1) is 25.7 Å². The molecule has 21 heavy (non-hydrogen) atoms. The second-order valence-electron chi connectivity index (χ2n) is 5.15. The van der Waals surface area contributed by atoms with Crippen molar-refractivity contribution in [2.75, 3.05) is 19.5 Å². The van der Waals surface area contributed by atoms with Gasteiger partial charge in [-0.2, -0.15) is 0 Å². The van der Waals surface area contributed by atoms with Gasteiger partial charge in [-0.3, -0.25) is 4.79 Å². The Balaban J connectivity index is 1.62. The molecule has 2 rings (SSSR count). The normalized spacial score (nSPS) is 22.0. The number of ether oxygens (including phenoxy) is 2. The van der Waals surface area contributed by atoms with Gasteiger partial charge in [0.1, 0.15) is 5.82 Å². The number of benzene rings is 1. The third kappa shape index (κ3) is 5.00. The summed E-state index contributed by atoms with van der Waals surface area (Å²) in [6, 6.07) is 6.77. The number of hydrogen-bond donors (Lipinski definition) is 0. The minimum atomic E-state index is -0.180. The minimum Gasteiger partial charge on any atom is -0.469 e. The van der Waals surface area contributed by atoms with Crippen molar-refractivity contribution in [1.29, 1.82) is 0 Å². The second-order valence-corrected chi connectivity index (χ2v) is 6.28. The molecule has 1 aromatic rings. The third-order valence-electron chi connectivity index (χ3n) is 3.74. The summed E-state index contributed by atoms with van der Waals surface area (Å²) in [7, 11) is 1.44. The molecule has 1 fully saturated rings. The van der Waals surface area contributed by atoms with E-state index in [9.17, 15) is 9.18 Å². The first-order chi connectivity index (χ1) is 10.2. The van der Waals surface area contributed by atoms with Gasteiger partial charge in [-0.15, -0.1) is 11.8 Å². The molecular weight excluding hydrogens is 291 g/mol. The fraction of sp³-hybridized carbons (Fsp3) is 0.562. The van der Waals surface area contributed by atoms with E-state index >= 15 is 0 Å². The van der Waals surface area contributed by atoms with Crippen molar-refractivity contribution < 1.29 is 18.7 Å². The highest BCUT2D eigenvalue weighted by Crippen LogP contribution is 2.27. The fourth-order valence-electron chi connectivity index (χ4n) is 2.56. The van der Waals surface area contributed by atoms with E-state index in [1.807, 2.05) is 6.07 Å². The van der Waals surface area contributed by atoms with Crippen LogP contribution in [0.4, 0.5) is 4.39 Å². The topological polar surface area (TPSA) is 35.5 Å². The summed E-state index contributed by atoms with van der Waals surface area (Å²) in [4.78, 5) is 12.1.